The molecule has 0 heterocycles. The molecule has 0 aliphatic heterocycles. The van der Waals surface area contributed by atoms with Crippen LogP contribution in [0.25, 0.3) is 0 Å². The molecule has 0 radical (unpaired) electrons. The van der Waals surface area contributed by atoms with Crippen LogP contribution in [0, 0.1) is 34.5 Å². The standard InChI is InChI=1S/C25H45N/c1-3-5-7-8-10-12-23-17-19-25(21-26,20-18-23)24-15-13-22(14-16-24)11-9-6-4-2/h22-24H,3-20H2,1-2H3. The molecule has 0 unspecified atom stereocenters. The Kier molecular flexibility index (Phi) is 10.1. The van der Waals surface area contributed by atoms with Crippen LogP contribution >= 0.6 is 0 Å². The van der Waals surface area contributed by atoms with E-state index in [9.17, 15) is 5.26 Å². The molecule has 150 valence electrons. The van der Waals surface area contributed by atoms with Gasteiger partial charge >= 0.3 is 0 Å². The van der Waals surface area contributed by atoms with Crippen molar-refractivity contribution in [2.75, 3.05) is 0 Å². The molecule has 0 amide bonds. The van der Waals surface area contributed by atoms with E-state index < -0.39 is 0 Å². The molecular weight excluding hydrogens is 314 g/mol. The number of nitriles is 1. The highest BCUT2D eigenvalue weighted by atomic mass is 14.5. The van der Waals surface area contributed by atoms with Crippen LogP contribution < -0.4 is 0 Å². The second kappa shape index (κ2) is 12.0. The molecule has 0 aromatic heterocycles. The van der Waals surface area contributed by atoms with Gasteiger partial charge in [0.1, 0.15) is 0 Å². The van der Waals surface area contributed by atoms with Gasteiger partial charge in [-0.3, -0.25) is 0 Å². The third-order valence-electron chi connectivity index (χ3n) is 7.78. The van der Waals surface area contributed by atoms with E-state index in [0.29, 0.717) is 5.92 Å². The van der Waals surface area contributed by atoms with E-state index in [1.165, 1.54) is 116 Å². The van der Waals surface area contributed by atoms with Crippen molar-refractivity contribution < 1.29 is 0 Å². The molecule has 0 atom stereocenters. The third-order valence-corrected chi connectivity index (χ3v) is 7.78. The quantitative estimate of drug-likeness (QED) is 0.339. The van der Waals surface area contributed by atoms with E-state index in [2.05, 4.69) is 19.9 Å². The first-order chi connectivity index (χ1) is 12.7. The van der Waals surface area contributed by atoms with Gasteiger partial charge in [-0.05, 0) is 56.3 Å². The summed E-state index contributed by atoms with van der Waals surface area (Å²) in [7, 11) is 0. The highest BCUT2D eigenvalue weighted by molar-refractivity contribution is 5.06. The molecule has 2 saturated carbocycles. The summed E-state index contributed by atoms with van der Waals surface area (Å²) in [6.45, 7) is 4.59. The molecule has 0 aromatic rings. The number of nitrogens with zero attached hydrogens (tertiary/aromatic N) is 1. The lowest BCUT2D eigenvalue weighted by molar-refractivity contribution is 0.0842. The van der Waals surface area contributed by atoms with Crippen LogP contribution in [0.2, 0.25) is 0 Å². The van der Waals surface area contributed by atoms with Gasteiger partial charge in [0.25, 0.3) is 0 Å². The Hall–Kier alpha value is -0.510. The number of hydrogen-bond acceptors (Lipinski definition) is 1. The Morgan fingerprint density at radius 3 is 1.77 bits per heavy atom. The summed E-state index contributed by atoms with van der Waals surface area (Å²) in [5, 5.41) is 10.0. The highest BCUT2D eigenvalue weighted by Gasteiger charge is 2.43. The van der Waals surface area contributed by atoms with Gasteiger partial charge in [0, 0.05) is 0 Å². The van der Waals surface area contributed by atoms with Crippen LogP contribution in [0.3, 0.4) is 0 Å². The lowest BCUT2D eigenvalue weighted by Crippen LogP contribution is -2.36. The van der Waals surface area contributed by atoms with Gasteiger partial charge < -0.3 is 0 Å². The maximum absolute atomic E-state index is 10.0. The average Bonchev–Trinajstić information content (AvgIpc) is 2.69. The predicted molar refractivity (Wildman–Crippen MR) is 113 cm³/mol. The summed E-state index contributed by atoms with van der Waals surface area (Å²) >= 11 is 0. The smallest absolute Gasteiger partial charge is 0.0692 e. The molecule has 0 bridgehead atoms. The lowest BCUT2D eigenvalue weighted by Gasteiger charge is -2.43. The maximum atomic E-state index is 10.0. The van der Waals surface area contributed by atoms with Crippen LogP contribution in [0.4, 0.5) is 0 Å². The van der Waals surface area contributed by atoms with Crippen LogP contribution in [0.15, 0.2) is 0 Å². The molecule has 0 saturated heterocycles. The van der Waals surface area contributed by atoms with E-state index in [-0.39, 0.29) is 5.41 Å². The molecule has 1 nitrogen and oxygen atoms in total. The average molecular weight is 360 g/mol. The predicted octanol–water partition coefficient (Wildman–Crippen LogP) is 8.43. The Morgan fingerprint density at radius 2 is 1.19 bits per heavy atom. The molecule has 0 N–H and O–H groups in total. The molecule has 26 heavy (non-hydrogen) atoms. The first-order valence-corrected chi connectivity index (χ1v) is 12.1. The minimum atomic E-state index is 0.0487. The van der Waals surface area contributed by atoms with E-state index in [1.54, 1.807) is 0 Å². The molecule has 0 aromatic carbocycles. The van der Waals surface area contributed by atoms with E-state index in [4.69, 9.17) is 0 Å². The largest absolute Gasteiger partial charge is 0.198 e. The zero-order chi connectivity index (χ0) is 18.7. The normalized spacial score (nSPS) is 32.3. The zero-order valence-electron chi connectivity index (χ0n) is 17.9. The van der Waals surface area contributed by atoms with Gasteiger partial charge in [-0.1, -0.05) is 90.9 Å². The van der Waals surface area contributed by atoms with Crippen LogP contribution in [-0.2, 0) is 0 Å². The summed E-state index contributed by atoms with van der Waals surface area (Å²) in [6, 6.07) is 2.86. The van der Waals surface area contributed by atoms with Crippen LogP contribution in [-0.4, -0.2) is 0 Å². The van der Waals surface area contributed by atoms with Gasteiger partial charge in [0.15, 0.2) is 0 Å². The summed E-state index contributed by atoms with van der Waals surface area (Å²) in [6.07, 6.45) is 24.6. The van der Waals surface area contributed by atoms with Crippen molar-refractivity contribution in [3.8, 4) is 6.07 Å². The fourth-order valence-corrected chi connectivity index (χ4v) is 5.82. The minimum Gasteiger partial charge on any atom is -0.198 e. The maximum Gasteiger partial charge on any atom is 0.0692 e. The molecule has 1 heteroatoms. The van der Waals surface area contributed by atoms with Crippen molar-refractivity contribution >= 4 is 0 Å². The van der Waals surface area contributed by atoms with Gasteiger partial charge in [-0.25, -0.2) is 0 Å². The van der Waals surface area contributed by atoms with Crippen molar-refractivity contribution in [2.24, 2.45) is 23.2 Å². The van der Waals surface area contributed by atoms with Gasteiger partial charge in [0.2, 0.25) is 0 Å². The van der Waals surface area contributed by atoms with Crippen molar-refractivity contribution in [1.82, 2.24) is 0 Å². The Bertz CT molecular complexity index is 391. The monoisotopic (exact) mass is 359 g/mol. The topological polar surface area (TPSA) is 23.8 Å². The van der Waals surface area contributed by atoms with E-state index in [1.807, 2.05) is 0 Å². The fourth-order valence-electron chi connectivity index (χ4n) is 5.82. The summed E-state index contributed by atoms with van der Waals surface area (Å²) in [4.78, 5) is 0. The van der Waals surface area contributed by atoms with Crippen molar-refractivity contribution in [3.05, 3.63) is 0 Å². The SMILES string of the molecule is CCCCCCCC1CCC(C#N)(C2CCC(CCCCC)CC2)CC1. The highest BCUT2D eigenvalue weighted by Crippen LogP contribution is 2.51. The molecule has 2 aliphatic carbocycles. The number of unbranched alkanes of at least 4 members (excludes halogenated alkanes) is 6. The van der Waals surface area contributed by atoms with E-state index in [0.717, 1.165) is 11.8 Å². The molecule has 2 fully saturated rings. The summed E-state index contributed by atoms with van der Waals surface area (Å²) in [5.41, 5.74) is 0.0487. The first-order valence-electron chi connectivity index (χ1n) is 12.1. The third kappa shape index (κ3) is 6.58. The Morgan fingerprint density at radius 1 is 0.692 bits per heavy atom. The zero-order valence-corrected chi connectivity index (χ0v) is 17.9. The molecule has 2 aliphatic rings. The second-order valence-electron chi connectivity index (χ2n) is 9.63. The number of hydrogen-bond donors (Lipinski definition) is 0. The van der Waals surface area contributed by atoms with Gasteiger partial charge in [-0.15, -0.1) is 0 Å². The van der Waals surface area contributed by atoms with Crippen LogP contribution in [0.5, 0.6) is 0 Å². The summed E-state index contributed by atoms with van der Waals surface area (Å²) < 4.78 is 0. The van der Waals surface area contributed by atoms with E-state index >= 15 is 0 Å². The summed E-state index contributed by atoms with van der Waals surface area (Å²) in [5.74, 6) is 2.59. The van der Waals surface area contributed by atoms with Crippen molar-refractivity contribution in [2.45, 2.75) is 129 Å². The second-order valence-corrected chi connectivity index (χ2v) is 9.63. The lowest BCUT2D eigenvalue weighted by atomic mass is 9.59. The first kappa shape index (κ1) is 21.8. The van der Waals surface area contributed by atoms with Crippen LogP contribution in [0.1, 0.15) is 129 Å². The van der Waals surface area contributed by atoms with Crippen molar-refractivity contribution in [3.63, 3.8) is 0 Å². The minimum absolute atomic E-state index is 0.0487. The Balaban J connectivity index is 1.69. The van der Waals surface area contributed by atoms with Gasteiger partial charge in [-0.2, -0.15) is 5.26 Å². The fraction of sp³-hybridized carbons (Fsp3) is 0.960. The number of rotatable bonds is 11. The van der Waals surface area contributed by atoms with Gasteiger partial charge in [0.05, 0.1) is 11.5 Å². The van der Waals surface area contributed by atoms with Crippen molar-refractivity contribution in [1.29, 1.82) is 5.26 Å². The molecule has 2 rings (SSSR count). The Labute approximate surface area is 164 Å². The molecular formula is C25H45N. The molecule has 0 spiro atoms.